The van der Waals surface area contributed by atoms with Crippen molar-refractivity contribution in [3.63, 3.8) is 0 Å². The highest BCUT2D eigenvalue weighted by atomic mass is 32.2. The molecule has 2 aromatic carbocycles. The lowest BCUT2D eigenvalue weighted by Gasteiger charge is -2.24. The summed E-state index contributed by atoms with van der Waals surface area (Å²) >= 11 is 1.66. The number of hydrogen-bond acceptors (Lipinski definition) is 5. The van der Waals surface area contributed by atoms with Gasteiger partial charge in [0.1, 0.15) is 11.1 Å². The van der Waals surface area contributed by atoms with Crippen molar-refractivity contribution in [2.24, 2.45) is 0 Å². The van der Waals surface area contributed by atoms with Crippen molar-refractivity contribution in [2.75, 3.05) is 33.6 Å². The number of carbonyl (C=O) groups is 1. The Morgan fingerprint density at radius 3 is 2.58 bits per heavy atom. The summed E-state index contributed by atoms with van der Waals surface area (Å²) in [6.45, 7) is 0.656. The smallest absolute Gasteiger partial charge is 0.233 e. The maximum Gasteiger partial charge on any atom is 0.233 e. The predicted octanol–water partition coefficient (Wildman–Crippen LogP) is 3.53. The van der Waals surface area contributed by atoms with Gasteiger partial charge in [-0.25, -0.2) is 0 Å². The van der Waals surface area contributed by atoms with E-state index in [1.54, 1.807) is 33.1 Å². The summed E-state index contributed by atoms with van der Waals surface area (Å²) in [5.74, 6) is 2.90. The van der Waals surface area contributed by atoms with E-state index in [4.69, 9.17) is 14.2 Å². The van der Waals surface area contributed by atoms with Crippen LogP contribution in [0, 0.1) is 0 Å². The minimum Gasteiger partial charge on any atom is -0.497 e. The van der Waals surface area contributed by atoms with Crippen molar-refractivity contribution in [2.45, 2.75) is 11.8 Å². The van der Waals surface area contributed by atoms with Crippen LogP contribution in [0.3, 0.4) is 0 Å². The minimum absolute atomic E-state index is 0.0257. The van der Waals surface area contributed by atoms with Crippen LogP contribution in [0.2, 0.25) is 0 Å². The van der Waals surface area contributed by atoms with Gasteiger partial charge in [-0.05, 0) is 41.8 Å². The van der Waals surface area contributed by atoms with Crippen molar-refractivity contribution in [1.82, 2.24) is 4.90 Å². The van der Waals surface area contributed by atoms with E-state index in [0.717, 1.165) is 23.3 Å². The van der Waals surface area contributed by atoms with Gasteiger partial charge < -0.3 is 19.1 Å². The van der Waals surface area contributed by atoms with Gasteiger partial charge in [-0.1, -0.05) is 18.2 Å². The highest BCUT2D eigenvalue weighted by molar-refractivity contribution is 8.00. The lowest BCUT2D eigenvalue weighted by atomic mass is 10.1. The third kappa shape index (κ3) is 3.90. The average Bonchev–Trinajstić information content (AvgIpc) is 3.06. The molecule has 0 bridgehead atoms. The molecule has 1 saturated heterocycles. The molecule has 5 nitrogen and oxygen atoms in total. The van der Waals surface area contributed by atoms with E-state index in [9.17, 15) is 4.79 Å². The second-order valence-corrected chi connectivity index (χ2v) is 7.03. The summed E-state index contributed by atoms with van der Waals surface area (Å²) in [6.07, 6.45) is 0.757. The van der Waals surface area contributed by atoms with Crippen molar-refractivity contribution >= 4 is 17.7 Å². The van der Waals surface area contributed by atoms with E-state index in [0.29, 0.717) is 23.8 Å². The van der Waals surface area contributed by atoms with Crippen molar-refractivity contribution in [1.29, 1.82) is 0 Å². The van der Waals surface area contributed by atoms with Crippen molar-refractivity contribution < 1.29 is 19.0 Å². The van der Waals surface area contributed by atoms with Gasteiger partial charge in [0.25, 0.3) is 0 Å². The third-order valence-corrected chi connectivity index (χ3v) is 5.69. The molecule has 3 rings (SSSR count). The molecule has 1 heterocycles. The molecule has 1 fully saturated rings. The van der Waals surface area contributed by atoms with E-state index >= 15 is 0 Å². The summed E-state index contributed by atoms with van der Waals surface area (Å²) in [4.78, 5) is 14.3. The zero-order valence-corrected chi connectivity index (χ0v) is 16.0. The zero-order valence-electron chi connectivity index (χ0n) is 15.2. The molecule has 0 aliphatic carbocycles. The Kier molecular flexibility index (Phi) is 5.93. The third-order valence-electron chi connectivity index (χ3n) is 4.44. The van der Waals surface area contributed by atoms with E-state index in [-0.39, 0.29) is 11.3 Å². The van der Waals surface area contributed by atoms with Gasteiger partial charge in [0.15, 0.2) is 11.5 Å². The fourth-order valence-electron chi connectivity index (χ4n) is 3.05. The monoisotopic (exact) mass is 373 g/mol. The second kappa shape index (κ2) is 8.36. The van der Waals surface area contributed by atoms with Gasteiger partial charge in [0.05, 0.1) is 27.1 Å². The van der Waals surface area contributed by atoms with Gasteiger partial charge in [-0.15, -0.1) is 11.8 Å². The Labute approximate surface area is 158 Å². The second-order valence-electron chi connectivity index (χ2n) is 5.97. The van der Waals surface area contributed by atoms with Crippen LogP contribution in [0.25, 0.3) is 0 Å². The topological polar surface area (TPSA) is 48.0 Å². The summed E-state index contributed by atoms with van der Waals surface area (Å²) in [7, 11) is 4.90. The standard InChI is InChI=1S/C20H23NO4S/c1-23-16-6-4-5-15(12-16)20-21(19(22)13-26-20)10-9-14-7-8-17(24-2)18(11-14)25-3/h4-8,11-12,20H,9-10,13H2,1-3H3. The molecule has 0 aromatic heterocycles. The van der Waals surface area contributed by atoms with Crippen molar-refractivity contribution in [3.05, 3.63) is 53.6 Å². The van der Waals surface area contributed by atoms with Gasteiger partial charge in [0, 0.05) is 6.54 Å². The summed E-state index contributed by atoms with van der Waals surface area (Å²) in [5, 5.41) is 0.0257. The molecule has 1 amide bonds. The Bertz CT molecular complexity index is 780. The molecule has 1 atom stereocenters. The largest absolute Gasteiger partial charge is 0.497 e. The number of hydrogen-bond donors (Lipinski definition) is 0. The quantitative estimate of drug-likeness (QED) is 0.743. The Hall–Kier alpha value is -2.34. The lowest BCUT2D eigenvalue weighted by molar-refractivity contribution is -0.128. The first kappa shape index (κ1) is 18.5. The number of nitrogens with zero attached hydrogens (tertiary/aromatic N) is 1. The highest BCUT2D eigenvalue weighted by Gasteiger charge is 2.32. The van der Waals surface area contributed by atoms with E-state index in [1.165, 1.54) is 0 Å². The molecule has 26 heavy (non-hydrogen) atoms. The first-order valence-corrected chi connectivity index (χ1v) is 9.47. The number of ether oxygens (including phenoxy) is 3. The Balaban J connectivity index is 1.74. The Morgan fingerprint density at radius 1 is 1.04 bits per heavy atom. The average molecular weight is 373 g/mol. The van der Waals surface area contributed by atoms with Crippen LogP contribution >= 0.6 is 11.8 Å². The maximum atomic E-state index is 12.4. The fourth-order valence-corrected chi connectivity index (χ4v) is 4.26. The predicted molar refractivity (Wildman–Crippen MR) is 103 cm³/mol. The van der Waals surface area contributed by atoms with Crippen molar-refractivity contribution in [3.8, 4) is 17.2 Å². The van der Waals surface area contributed by atoms with Gasteiger partial charge in [-0.2, -0.15) is 0 Å². The van der Waals surface area contributed by atoms with Gasteiger partial charge >= 0.3 is 0 Å². The molecular formula is C20H23NO4S. The van der Waals surface area contributed by atoms with Gasteiger partial charge in [0.2, 0.25) is 5.91 Å². The lowest BCUT2D eigenvalue weighted by Crippen LogP contribution is -2.30. The number of carbonyl (C=O) groups excluding carboxylic acids is 1. The number of methoxy groups -OCH3 is 3. The maximum absolute atomic E-state index is 12.4. The number of thioether (sulfide) groups is 1. The highest BCUT2D eigenvalue weighted by Crippen LogP contribution is 2.39. The fraction of sp³-hybridized carbons (Fsp3) is 0.350. The summed E-state index contributed by atoms with van der Waals surface area (Å²) in [6, 6.07) is 13.8. The summed E-state index contributed by atoms with van der Waals surface area (Å²) < 4.78 is 16.0. The molecule has 0 spiro atoms. The SMILES string of the molecule is COc1cccc(C2SCC(=O)N2CCc2ccc(OC)c(OC)c2)c1. The zero-order chi connectivity index (χ0) is 18.5. The van der Waals surface area contributed by atoms with E-state index < -0.39 is 0 Å². The normalized spacial score (nSPS) is 16.7. The van der Waals surface area contributed by atoms with E-state index in [1.807, 2.05) is 47.4 Å². The van der Waals surface area contributed by atoms with Crippen LogP contribution in [-0.2, 0) is 11.2 Å². The first-order valence-electron chi connectivity index (χ1n) is 8.42. The van der Waals surface area contributed by atoms with Gasteiger partial charge in [-0.3, -0.25) is 4.79 Å². The van der Waals surface area contributed by atoms with E-state index in [2.05, 4.69) is 0 Å². The van der Waals surface area contributed by atoms with Crippen LogP contribution in [0.5, 0.6) is 17.2 Å². The molecule has 138 valence electrons. The molecule has 2 aromatic rings. The first-order chi connectivity index (χ1) is 12.7. The Morgan fingerprint density at radius 2 is 1.85 bits per heavy atom. The van der Waals surface area contributed by atoms with Crippen LogP contribution < -0.4 is 14.2 Å². The molecule has 0 saturated carbocycles. The molecule has 1 aliphatic rings. The molecule has 1 unspecified atom stereocenters. The molecule has 1 aliphatic heterocycles. The minimum atomic E-state index is 0.0257. The number of benzene rings is 2. The van der Waals surface area contributed by atoms with Crippen LogP contribution in [-0.4, -0.2) is 44.4 Å². The summed E-state index contributed by atoms with van der Waals surface area (Å²) in [5.41, 5.74) is 2.20. The van der Waals surface area contributed by atoms with Crippen LogP contribution in [0.15, 0.2) is 42.5 Å². The van der Waals surface area contributed by atoms with Crippen LogP contribution in [0.1, 0.15) is 16.5 Å². The molecule has 6 heteroatoms. The molecule has 0 radical (unpaired) electrons. The van der Waals surface area contributed by atoms with Crippen LogP contribution in [0.4, 0.5) is 0 Å². The number of rotatable bonds is 7. The molecule has 0 N–H and O–H groups in total. The molecular weight excluding hydrogens is 350 g/mol. The number of amides is 1.